The van der Waals surface area contributed by atoms with Gasteiger partial charge in [-0.1, -0.05) is 59.9 Å². The Kier molecular flexibility index (Phi) is 4.86. The molecule has 1 aromatic carbocycles. The molecule has 1 N–H and O–H groups in total. The van der Waals surface area contributed by atoms with Crippen LogP contribution in [0.5, 0.6) is 0 Å². The van der Waals surface area contributed by atoms with Crippen LogP contribution < -0.4 is 5.32 Å². The van der Waals surface area contributed by atoms with E-state index in [0.29, 0.717) is 0 Å². The second-order valence-corrected chi connectivity index (χ2v) is 5.21. The van der Waals surface area contributed by atoms with E-state index in [4.69, 9.17) is 34.8 Å². The number of nitrogens with one attached hydrogen (secondary N) is 1. The zero-order valence-electron chi connectivity index (χ0n) is 10.6. The second kappa shape index (κ2) is 6.44. The summed E-state index contributed by atoms with van der Waals surface area (Å²) < 4.78 is 0. The summed E-state index contributed by atoms with van der Waals surface area (Å²) >= 11 is 17.7. The Hall–Kier alpha value is -1.29. The molecule has 0 spiro atoms. The minimum Gasteiger partial charge on any atom is -0.320 e. The van der Waals surface area contributed by atoms with Gasteiger partial charge >= 0.3 is 0 Å². The number of amides is 1. The number of hydrogen-bond acceptors (Lipinski definition) is 2. The number of carbonyl (C=O) groups excluding carboxylic acids is 1. The lowest BCUT2D eigenvalue weighted by atomic mass is 10.1. The zero-order valence-corrected chi connectivity index (χ0v) is 12.9. The molecule has 0 fully saturated rings. The van der Waals surface area contributed by atoms with Crippen LogP contribution in [-0.2, 0) is 6.42 Å². The monoisotopic (exact) mass is 328 g/mol. The molecule has 0 atom stereocenters. The van der Waals surface area contributed by atoms with E-state index in [1.807, 2.05) is 31.2 Å². The first-order valence-electron chi connectivity index (χ1n) is 5.93. The van der Waals surface area contributed by atoms with Crippen molar-refractivity contribution in [1.82, 2.24) is 4.98 Å². The van der Waals surface area contributed by atoms with Crippen LogP contribution in [0.1, 0.15) is 23.0 Å². The number of aromatic nitrogens is 1. The molecular weight excluding hydrogens is 319 g/mol. The van der Waals surface area contributed by atoms with Gasteiger partial charge in [0.15, 0.2) is 0 Å². The van der Waals surface area contributed by atoms with Gasteiger partial charge in [0.25, 0.3) is 5.91 Å². The molecule has 2 aromatic rings. The molecule has 0 unspecified atom stereocenters. The van der Waals surface area contributed by atoms with Gasteiger partial charge in [-0.25, -0.2) is 4.98 Å². The molecular formula is C14H11Cl3N2O. The maximum Gasteiger partial charge on any atom is 0.275 e. The topological polar surface area (TPSA) is 42.0 Å². The highest BCUT2D eigenvalue weighted by Crippen LogP contribution is 2.31. The summed E-state index contributed by atoms with van der Waals surface area (Å²) in [7, 11) is 0. The molecule has 3 nitrogen and oxygen atoms in total. The van der Waals surface area contributed by atoms with Crippen LogP contribution in [0.25, 0.3) is 0 Å². The van der Waals surface area contributed by atoms with E-state index < -0.39 is 5.91 Å². The number of hydrogen-bond donors (Lipinski definition) is 1. The Morgan fingerprint density at radius 1 is 1.20 bits per heavy atom. The number of carbonyl (C=O) groups is 1. The summed E-state index contributed by atoms with van der Waals surface area (Å²) in [5.41, 5.74) is 1.80. The summed E-state index contributed by atoms with van der Waals surface area (Å²) in [6.45, 7) is 2.01. The summed E-state index contributed by atoms with van der Waals surface area (Å²) in [6, 6.07) is 7.53. The lowest BCUT2D eigenvalue weighted by Crippen LogP contribution is -2.15. The van der Waals surface area contributed by atoms with E-state index in [1.54, 1.807) is 0 Å². The van der Waals surface area contributed by atoms with Crippen LogP contribution in [-0.4, -0.2) is 10.9 Å². The lowest BCUT2D eigenvalue weighted by molar-refractivity contribution is 0.102. The lowest BCUT2D eigenvalue weighted by Gasteiger charge is -2.10. The molecule has 1 amide bonds. The largest absolute Gasteiger partial charge is 0.320 e. The number of pyridine rings is 1. The van der Waals surface area contributed by atoms with E-state index in [9.17, 15) is 4.79 Å². The molecule has 104 valence electrons. The molecule has 6 heteroatoms. The van der Waals surface area contributed by atoms with Crippen molar-refractivity contribution >= 4 is 46.4 Å². The van der Waals surface area contributed by atoms with Gasteiger partial charge in [0.05, 0.1) is 15.1 Å². The number of benzene rings is 1. The van der Waals surface area contributed by atoms with Gasteiger partial charge in [0, 0.05) is 11.9 Å². The van der Waals surface area contributed by atoms with Crippen molar-refractivity contribution in [2.24, 2.45) is 0 Å². The van der Waals surface area contributed by atoms with E-state index in [1.165, 1.54) is 6.20 Å². The molecule has 0 radical (unpaired) electrons. The quantitative estimate of drug-likeness (QED) is 0.874. The molecule has 1 aromatic heterocycles. The van der Waals surface area contributed by atoms with E-state index >= 15 is 0 Å². The van der Waals surface area contributed by atoms with Gasteiger partial charge < -0.3 is 5.32 Å². The average molecular weight is 330 g/mol. The second-order valence-electron chi connectivity index (χ2n) is 4.05. The van der Waals surface area contributed by atoms with Gasteiger partial charge in [-0.2, -0.15) is 0 Å². The third-order valence-corrected chi connectivity index (χ3v) is 4.02. The normalized spacial score (nSPS) is 10.4. The molecule has 1 heterocycles. The predicted molar refractivity (Wildman–Crippen MR) is 83.0 cm³/mol. The van der Waals surface area contributed by atoms with Gasteiger partial charge in [0.2, 0.25) is 0 Å². The van der Waals surface area contributed by atoms with Crippen LogP contribution in [0.3, 0.4) is 0 Å². The van der Waals surface area contributed by atoms with Crippen LogP contribution in [0.2, 0.25) is 15.1 Å². The smallest absolute Gasteiger partial charge is 0.275 e. The predicted octanol–water partition coefficient (Wildman–Crippen LogP) is 4.86. The first-order chi connectivity index (χ1) is 9.54. The molecule has 2 rings (SSSR count). The van der Waals surface area contributed by atoms with Gasteiger partial charge in [-0.05, 0) is 18.1 Å². The maximum absolute atomic E-state index is 12.2. The van der Waals surface area contributed by atoms with Crippen molar-refractivity contribution in [3.63, 3.8) is 0 Å². The Morgan fingerprint density at radius 3 is 2.60 bits per heavy atom. The summed E-state index contributed by atoms with van der Waals surface area (Å²) in [5, 5.41) is 3.16. The van der Waals surface area contributed by atoms with Crippen LogP contribution in [0.4, 0.5) is 5.69 Å². The molecule has 0 aliphatic heterocycles. The van der Waals surface area contributed by atoms with E-state index in [0.717, 1.165) is 17.7 Å². The molecule has 0 bridgehead atoms. The van der Waals surface area contributed by atoms with Crippen LogP contribution in [0.15, 0.2) is 30.5 Å². The SMILES string of the molecule is CCc1ccccc1NC(=O)c1ncc(Cl)c(Cl)c1Cl. The van der Waals surface area contributed by atoms with Gasteiger partial charge in [0.1, 0.15) is 5.69 Å². The van der Waals surface area contributed by atoms with Gasteiger partial charge in [-0.3, -0.25) is 4.79 Å². The number of para-hydroxylation sites is 1. The molecule has 0 saturated carbocycles. The van der Waals surface area contributed by atoms with Crippen LogP contribution in [0, 0.1) is 0 Å². The third kappa shape index (κ3) is 3.06. The minimum atomic E-state index is -0.422. The fourth-order valence-corrected chi connectivity index (χ4v) is 2.30. The Bertz CT molecular complexity index is 659. The summed E-state index contributed by atoms with van der Waals surface area (Å²) in [4.78, 5) is 16.1. The first kappa shape index (κ1) is 15.1. The van der Waals surface area contributed by atoms with Crippen molar-refractivity contribution < 1.29 is 4.79 Å². The molecule has 0 aliphatic carbocycles. The fourth-order valence-electron chi connectivity index (χ4n) is 1.73. The number of aryl methyl sites for hydroxylation is 1. The van der Waals surface area contributed by atoms with Crippen molar-refractivity contribution in [3.8, 4) is 0 Å². The maximum atomic E-state index is 12.2. The molecule has 0 saturated heterocycles. The van der Waals surface area contributed by atoms with E-state index in [2.05, 4.69) is 10.3 Å². The number of anilines is 1. The van der Waals surface area contributed by atoms with Crippen molar-refractivity contribution in [2.75, 3.05) is 5.32 Å². The summed E-state index contributed by atoms with van der Waals surface area (Å²) in [5.74, 6) is -0.422. The fraction of sp³-hybridized carbons (Fsp3) is 0.143. The van der Waals surface area contributed by atoms with Crippen molar-refractivity contribution in [3.05, 3.63) is 56.8 Å². The van der Waals surface area contributed by atoms with E-state index in [-0.39, 0.29) is 20.8 Å². The van der Waals surface area contributed by atoms with Crippen molar-refractivity contribution in [1.29, 1.82) is 0 Å². The highest BCUT2D eigenvalue weighted by Gasteiger charge is 2.17. The highest BCUT2D eigenvalue weighted by molar-refractivity contribution is 6.49. The first-order valence-corrected chi connectivity index (χ1v) is 7.06. The minimum absolute atomic E-state index is 0.0469. The standard InChI is InChI=1S/C14H11Cl3N2O/c1-2-8-5-3-4-6-10(8)19-14(20)13-12(17)11(16)9(15)7-18-13/h3-7H,2H2,1H3,(H,19,20). The average Bonchev–Trinajstić information content (AvgIpc) is 2.45. The summed E-state index contributed by atoms with van der Waals surface area (Å²) in [6.07, 6.45) is 2.11. The third-order valence-electron chi connectivity index (χ3n) is 2.78. The zero-order chi connectivity index (χ0) is 14.7. The Balaban J connectivity index is 2.31. The number of halogens is 3. The van der Waals surface area contributed by atoms with Crippen molar-refractivity contribution in [2.45, 2.75) is 13.3 Å². The Morgan fingerprint density at radius 2 is 1.90 bits per heavy atom. The van der Waals surface area contributed by atoms with Gasteiger partial charge in [-0.15, -0.1) is 0 Å². The molecule has 20 heavy (non-hydrogen) atoms. The Labute approximate surface area is 131 Å². The number of nitrogens with zero attached hydrogens (tertiary/aromatic N) is 1. The number of rotatable bonds is 3. The van der Waals surface area contributed by atoms with Crippen LogP contribution >= 0.6 is 34.8 Å². The highest BCUT2D eigenvalue weighted by atomic mass is 35.5. The molecule has 0 aliphatic rings.